The predicted octanol–water partition coefficient (Wildman–Crippen LogP) is 3.21. The van der Waals surface area contributed by atoms with Crippen molar-refractivity contribution in [2.24, 2.45) is 0 Å². The molecule has 0 bridgehead atoms. The SMILES string of the molecule is CC(=O)c1c(C)[nH]c(C(=O)N2CCN(S(=O)(=O)c3c(C)c(C)cc(C)c3C)CC2)c1C. The number of amides is 1. The van der Waals surface area contributed by atoms with E-state index in [4.69, 9.17) is 0 Å². The fourth-order valence-corrected chi connectivity index (χ4v) is 6.48. The van der Waals surface area contributed by atoms with E-state index in [1.165, 1.54) is 11.2 Å². The first-order valence-corrected chi connectivity index (χ1v) is 11.9. The van der Waals surface area contributed by atoms with Crippen LogP contribution in [0.3, 0.4) is 0 Å². The third kappa shape index (κ3) is 3.94. The summed E-state index contributed by atoms with van der Waals surface area (Å²) in [5, 5.41) is 0. The molecule has 1 aromatic carbocycles. The summed E-state index contributed by atoms with van der Waals surface area (Å²) in [6.07, 6.45) is 0. The number of H-pyrrole nitrogens is 1. The molecule has 7 nitrogen and oxygen atoms in total. The van der Waals surface area contributed by atoms with E-state index in [0.717, 1.165) is 22.3 Å². The monoisotopic (exact) mass is 445 g/mol. The first-order chi connectivity index (χ1) is 14.4. The second-order valence-corrected chi connectivity index (χ2v) is 10.3. The van der Waals surface area contributed by atoms with Gasteiger partial charge in [0, 0.05) is 37.4 Å². The van der Waals surface area contributed by atoms with Crippen molar-refractivity contribution in [3.8, 4) is 0 Å². The molecule has 1 aromatic heterocycles. The zero-order valence-corrected chi connectivity index (χ0v) is 20.2. The third-order valence-electron chi connectivity index (χ3n) is 6.42. The maximum Gasteiger partial charge on any atom is 0.270 e. The summed E-state index contributed by atoms with van der Waals surface area (Å²) in [6, 6.07) is 2.01. The minimum absolute atomic E-state index is 0.0830. The third-order valence-corrected chi connectivity index (χ3v) is 8.60. The first-order valence-electron chi connectivity index (χ1n) is 10.4. The van der Waals surface area contributed by atoms with Crippen LogP contribution in [0.4, 0.5) is 0 Å². The predicted molar refractivity (Wildman–Crippen MR) is 120 cm³/mol. The van der Waals surface area contributed by atoms with Crippen molar-refractivity contribution < 1.29 is 18.0 Å². The fourth-order valence-electron chi connectivity index (χ4n) is 4.48. The highest BCUT2D eigenvalue weighted by molar-refractivity contribution is 7.89. The lowest BCUT2D eigenvalue weighted by molar-refractivity contribution is 0.0691. The van der Waals surface area contributed by atoms with Crippen molar-refractivity contribution in [3.63, 3.8) is 0 Å². The summed E-state index contributed by atoms with van der Waals surface area (Å²) in [5.41, 5.74) is 5.72. The van der Waals surface area contributed by atoms with Crippen molar-refractivity contribution in [2.45, 2.75) is 53.4 Å². The Kier molecular flexibility index (Phi) is 6.17. The molecule has 1 N–H and O–H groups in total. The van der Waals surface area contributed by atoms with Gasteiger partial charge >= 0.3 is 0 Å². The summed E-state index contributed by atoms with van der Waals surface area (Å²) in [5.74, 6) is -0.288. The molecular weight excluding hydrogens is 414 g/mol. The second kappa shape index (κ2) is 8.24. The van der Waals surface area contributed by atoms with Crippen LogP contribution in [0.1, 0.15) is 61.3 Å². The van der Waals surface area contributed by atoms with E-state index in [-0.39, 0.29) is 24.8 Å². The van der Waals surface area contributed by atoms with E-state index in [1.54, 1.807) is 18.7 Å². The molecule has 0 atom stereocenters. The average Bonchev–Trinajstić information content (AvgIpc) is 3.00. The normalized spacial score (nSPS) is 15.4. The molecule has 0 spiro atoms. The standard InChI is InChI=1S/C23H31N3O4S/c1-13-12-14(2)16(4)22(15(13)3)31(29,30)26-10-8-25(9-11-26)23(28)21-17(5)20(19(7)27)18(6)24-21/h12,24H,8-11H2,1-7H3. The molecule has 2 aromatic rings. The van der Waals surface area contributed by atoms with E-state index in [9.17, 15) is 18.0 Å². The number of carbonyl (C=O) groups is 2. The molecule has 2 heterocycles. The molecule has 0 unspecified atom stereocenters. The molecule has 31 heavy (non-hydrogen) atoms. The van der Waals surface area contributed by atoms with Crippen molar-refractivity contribution in [1.82, 2.24) is 14.2 Å². The molecule has 0 saturated carbocycles. The maximum absolute atomic E-state index is 13.4. The fraction of sp³-hybridized carbons (Fsp3) is 0.478. The number of carbonyl (C=O) groups excluding carboxylic acids is 2. The Morgan fingerprint density at radius 3 is 1.84 bits per heavy atom. The van der Waals surface area contributed by atoms with Crippen LogP contribution in [-0.2, 0) is 10.0 Å². The molecular formula is C23H31N3O4S. The van der Waals surface area contributed by atoms with Gasteiger partial charge in [0.05, 0.1) is 4.90 Å². The zero-order valence-electron chi connectivity index (χ0n) is 19.3. The molecule has 1 fully saturated rings. The van der Waals surface area contributed by atoms with E-state index >= 15 is 0 Å². The van der Waals surface area contributed by atoms with Crippen molar-refractivity contribution in [3.05, 3.63) is 50.8 Å². The van der Waals surface area contributed by atoms with Gasteiger partial charge in [-0.2, -0.15) is 4.31 Å². The van der Waals surface area contributed by atoms with Gasteiger partial charge in [0.1, 0.15) is 5.69 Å². The molecule has 1 aliphatic heterocycles. The Morgan fingerprint density at radius 1 is 0.871 bits per heavy atom. The van der Waals surface area contributed by atoms with E-state index in [1.807, 2.05) is 33.8 Å². The number of aryl methyl sites for hydroxylation is 3. The summed E-state index contributed by atoms with van der Waals surface area (Å²) >= 11 is 0. The number of piperazine rings is 1. The Hall–Kier alpha value is -2.45. The van der Waals surface area contributed by atoms with Gasteiger partial charge in [-0.3, -0.25) is 9.59 Å². The molecule has 3 rings (SSSR count). The molecule has 0 aliphatic carbocycles. The van der Waals surface area contributed by atoms with Gasteiger partial charge in [-0.1, -0.05) is 6.07 Å². The number of benzene rings is 1. The number of aromatic nitrogens is 1. The number of Topliss-reactive ketones (excluding diaryl/α,β-unsaturated/α-hetero) is 1. The Morgan fingerprint density at radius 2 is 1.39 bits per heavy atom. The molecule has 0 radical (unpaired) electrons. The van der Waals surface area contributed by atoms with Crippen LogP contribution >= 0.6 is 0 Å². The van der Waals surface area contributed by atoms with Crippen molar-refractivity contribution in [1.29, 1.82) is 0 Å². The Labute approximate surface area is 184 Å². The number of hydrogen-bond donors (Lipinski definition) is 1. The van der Waals surface area contributed by atoms with Gasteiger partial charge < -0.3 is 9.88 Å². The lowest BCUT2D eigenvalue weighted by Gasteiger charge is -2.34. The van der Waals surface area contributed by atoms with Crippen molar-refractivity contribution in [2.75, 3.05) is 26.2 Å². The molecule has 8 heteroatoms. The minimum Gasteiger partial charge on any atom is -0.354 e. The van der Waals surface area contributed by atoms with Crippen LogP contribution in [0.2, 0.25) is 0 Å². The van der Waals surface area contributed by atoms with Crippen LogP contribution in [0, 0.1) is 41.5 Å². The minimum atomic E-state index is -3.66. The van der Waals surface area contributed by atoms with E-state index < -0.39 is 10.0 Å². The summed E-state index contributed by atoms with van der Waals surface area (Å²) < 4.78 is 28.3. The molecule has 1 amide bonds. The van der Waals surface area contributed by atoms with Crippen LogP contribution < -0.4 is 0 Å². The summed E-state index contributed by atoms with van der Waals surface area (Å²) in [4.78, 5) is 30.0. The lowest BCUT2D eigenvalue weighted by Crippen LogP contribution is -2.50. The average molecular weight is 446 g/mol. The molecule has 1 aliphatic rings. The number of nitrogens with zero attached hydrogens (tertiary/aromatic N) is 2. The number of ketones is 1. The highest BCUT2D eigenvalue weighted by Gasteiger charge is 2.34. The number of sulfonamides is 1. The number of hydrogen-bond acceptors (Lipinski definition) is 4. The van der Waals surface area contributed by atoms with Crippen LogP contribution in [0.15, 0.2) is 11.0 Å². The number of rotatable bonds is 4. The topological polar surface area (TPSA) is 90.6 Å². The first kappa shape index (κ1) is 23.2. The quantitative estimate of drug-likeness (QED) is 0.732. The number of aromatic amines is 1. The summed E-state index contributed by atoms with van der Waals surface area (Å²) in [6.45, 7) is 13.6. The van der Waals surface area contributed by atoms with E-state index in [0.29, 0.717) is 40.5 Å². The smallest absolute Gasteiger partial charge is 0.270 e. The van der Waals surface area contributed by atoms with Gasteiger partial charge in [-0.05, 0) is 76.3 Å². The summed E-state index contributed by atoms with van der Waals surface area (Å²) in [7, 11) is -3.66. The van der Waals surface area contributed by atoms with Crippen molar-refractivity contribution >= 4 is 21.7 Å². The number of nitrogens with one attached hydrogen (secondary N) is 1. The molecule has 1 saturated heterocycles. The van der Waals surface area contributed by atoms with Crippen LogP contribution in [0.5, 0.6) is 0 Å². The van der Waals surface area contributed by atoms with Gasteiger partial charge in [0.25, 0.3) is 5.91 Å². The second-order valence-electron chi connectivity index (χ2n) is 8.47. The van der Waals surface area contributed by atoms with Gasteiger partial charge in [0.2, 0.25) is 10.0 Å². The Bertz CT molecular complexity index is 1140. The van der Waals surface area contributed by atoms with Gasteiger partial charge in [-0.25, -0.2) is 8.42 Å². The Balaban J connectivity index is 1.82. The lowest BCUT2D eigenvalue weighted by atomic mass is 10.0. The zero-order chi connectivity index (χ0) is 23.2. The maximum atomic E-state index is 13.4. The van der Waals surface area contributed by atoms with E-state index in [2.05, 4.69) is 4.98 Å². The largest absolute Gasteiger partial charge is 0.354 e. The highest BCUT2D eigenvalue weighted by atomic mass is 32.2. The molecule has 168 valence electrons. The van der Waals surface area contributed by atoms with Gasteiger partial charge in [-0.15, -0.1) is 0 Å². The van der Waals surface area contributed by atoms with Crippen LogP contribution in [-0.4, -0.2) is 60.5 Å². The van der Waals surface area contributed by atoms with Crippen LogP contribution in [0.25, 0.3) is 0 Å². The highest BCUT2D eigenvalue weighted by Crippen LogP contribution is 2.29. The van der Waals surface area contributed by atoms with Gasteiger partial charge in [0.15, 0.2) is 5.78 Å².